The quantitative estimate of drug-likeness (QED) is 0.761. The Kier molecular flexibility index (Phi) is 5.57. The lowest BCUT2D eigenvalue weighted by Gasteiger charge is -2.34. The molecular formula is C17H23N5O4. The van der Waals surface area contributed by atoms with Crippen LogP contribution in [0.3, 0.4) is 0 Å². The number of rotatable bonds is 6. The fourth-order valence-electron chi connectivity index (χ4n) is 2.95. The highest BCUT2D eigenvalue weighted by molar-refractivity contribution is 5.92. The van der Waals surface area contributed by atoms with E-state index in [4.69, 9.17) is 19.9 Å². The number of hydrogen-bond acceptors (Lipinski definition) is 7. The molecule has 0 spiro atoms. The zero-order valence-corrected chi connectivity index (χ0v) is 15.0. The van der Waals surface area contributed by atoms with E-state index in [9.17, 15) is 4.79 Å². The third-order valence-electron chi connectivity index (χ3n) is 4.34. The number of carbonyl (C=O) groups excluding carboxylic acids is 1. The molecule has 0 aliphatic carbocycles. The summed E-state index contributed by atoms with van der Waals surface area (Å²) in [5, 5.41) is 0.871. The summed E-state index contributed by atoms with van der Waals surface area (Å²) < 4.78 is 16.2. The first kappa shape index (κ1) is 18.0. The minimum Gasteiger partial charge on any atom is -0.493 e. The largest absolute Gasteiger partial charge is 0.493 e. The van der Waals surface area contributed by atoms with E-state index < -0.39 is 6.03 Å². The molecule has 1 aliphatic rings. The minimum absolute atomic E-state index is 0.392. The van der Waals surface area contributed by atoms with Gasteiger partial charge in [0.1, 0.15) is 18.8 Å². The molecule has 26 heavy (non-hydrogen) atoms. The van der Waals surface area contributed by atoms with Gasteiger partial charge in [-0.3, -0.25) is 0 Å². The van der Waals surface area contributed by atoms with E-state index >= 15 is 0 Å². The molecule has 1 aromatic carbocycles. The zero-order valence-electron chi connectivity index (χ0n) is 15.0. The Labute approximate surface area is 151 Å². The number of methoxy groups -OCH3 is 2. The van der Waals surface area contributed by atoms with Crippen LogP contribution in [0.25, 0.3) is 10.9 Å². The lowest BCUT2D eigenvalue weighted by atomic mass is 10.2. The first-order chi connectivity index (χ1) is 12.6. The number of carbonyl (C=O) groups is 1. The molecule has 1 fully saturated rings. The highest BCUT2D eigenvalue weighted by Crippen LogP contribution is 2.35. The fraction of sp³-hybridized carbons (Fsp3) is 0.471. The van der Waals surface area contributed by atoms with Crippen molar-refractivity contribution >= 4 is 22.8 Å². The Morgan fingerprint density at radius 1 is 1.12 bits per heavy atom. The Bertz CT molecular complexity index is 777. The summed E-state index contributed by atoms with van der Waals surface area (Å²) in [5.41, 5.74) is 6.11. The number of ether oxygens (including phenoxy) is 3. The molecule has 140 valence electrons. The summed E-state index contributed by atoms with van der Waals surface area (Å²) in [6, 6.07) is 3.33. The van der Waals surface area contributed by atoms with Crippen molar-refractivity contribution < 1.29 is 19.0 Å². The van der Waals surface area contributed by atoms with Crippen LogP contribution in [0.4, 0.5) is 10.6 Å². The van der Waals surface area contributed by atoms with Gasteiger partial charge in [0.05, 0.1) is 19.2 Å². The summed E-state index contributed by atoms with van der Waals surface area (Å²) in [4.78, 5) is 23.8. The number of primary amides is 1. The zero-order chi connectivity index (χ0) is 18.5. The van der Waals surface area contributed by atoms with E-state index in [1.54, 1.807) is 19.1 Å². The predicted octanol–water partition coefficient (Wildman–Crippen LogP) is 0.864. The van der Waals surface area contributed by atoms with Gasteiger partial charge < -0.3 is 29.7 Å². The summed E-state index contributed by atoms with van der Waals surface area (Å²) in [7, 11) is 3.22. The molecule has 9 nitrogen and oxygen atoms in total. The van der Waals surface area contributed by atoms with E-state index in [1.165, 1.54) is 6.33 Å². The van der Waals surface area contributed by atoms with Crippen molar-refractivity contribution in [2.24, 2.45) is 5.73 Å². The monoisotopic (exact) mass is 361 g/mol. The molecule has 2 aromatic rings. The van der Waals surface area contributed by atoms with Crippen LogP contribution in [-0.2, 0) is 4.74 Å². The number of nitrogens with two attached hydrogens (primary N) is 1. The number of hydrogen-bond donors (Lipinski definition) is 1. The maximum absolute atomic E-state index is 11.3. The Hall–Kier alpha value is -2.81. The van der Waals surface area contributed by atoms with E-state index in [-0.39, 0.29) is 0 Å². The van der Waals surface area contributed by atoms with Crippen LogP contribution in [0.5, 0.6) is 11.5 Å². The van der Waals surface area contributed by atoms with Crippen molar-refractivity contribution in [3.05, 3.63) is 18.5 Å². The molecule has 0 atom stereocenters. The average molecular weight is 361 g/mol. The Balaban J connectivity index is 1.89. The third-order valence-corrected chi connectivity index (χ3v) is 4.34. The van der Waals surface area contributed by atoms with Crippen molar-refractivity contribution in [1.82, 2.24) is 14.9 Å². The summed E-state index contributed by atoms with van der Waals surface area (Å²) in [6.07, 6.45) is 1.53. The van der Waals surface area contributed by atoms with E-state index in [1.807, 2.05) is 12.1 Å². The van der Waals surface area contributed by atoms with Gasteiger partial charge >= 0.3 is 6.03 Å². The highest BCUT2D eigenvalue weighted by atomic mass is 16.5. The lowest BCUT2D eigenvalue weighted by Crippen LogP contribution is -2.50. The molecule has 0 bridgehead atoms. The molecule has 3 rings (SSSR count). The summed E-state index contributed by atoms with van der Waals surface area (Å²) >= 11 is 0. The van der Waals surface area contributed by atoms with Gasteiger partial charge in [-0.05, 0) is 6.07 Å². The summed E-state index contributed by atoms with van der Waals surface area (Å²) in [5.74, 6) is 2.03. The predicted molar refractivity (Wildman–Crippen MR) is 96.8 cm³/mol. The van der Waals surface area contributed by atoms with Gasteiger partial charge in [-0.15, -0.1) is 0 Å². The molecule has 2 N–H and O–H groups in total. The van der Waals surface area contributed by atoms with Crippen LogP contribution < -0.4 is 20.1 Å². The maximum Gasteiger partial charge on any atom is 0.314 e. The second-order valence-electron chi connectivity index (χ2n) is 5.87. The van der Waals surface area contributed by atoms with Crippen LogP contribution >= 0.6 is 0 Å². The Morgan fingerprint density at radius 2 is 1.88 bits per heavy atom. The molecule has 1 aromatic heterocycles. The number of aromatic nitrogens is 2. The average Bonchev–Trinajstić information content (AvgIpc) is 2.67. The van der Waals surface area contributed by atoms with Crippen LogP contribution in [0.1, 0.15) is 0 Å². The van der Waals surface area contributed by atoms with Gasteiger partial charge in [-0.25, -0.2) is 14.8 Å². The molecular weight excluding hydrogens is 338 g/mol. The molecule has 2 heterocycles. The van der Waals surface area contributed by atoms with Gasteiger partial charge in [0.15, 0.2) is 11.5 Å². The number of urea groups is 1. The normalized spacial score (nSPS) is 14.5. The van der Waals surface area contributed by atoms with Crippen LogP contribution in [0.15, 0.2) is 18.5 Å². The molecule has 0 unspecified atom stereocenters. The maximum atomic E-state index is 11.3. The molecule has 2 amide bonds. The van der Waals surface area contributed by atoms with Gasteiger partial charge in [-0.1, -0.05) is 0 Å². The van der Waals surface area contributed by atoms with Crippen LogP contribution in [0.2, 0.25) is 0 Å². The number of fused-ring (bicyclic) bond motifs is 1. The van der Waals surface area contributed by atoms with E-state index in [2.05, 4.69) is 14.9 Å². The first-order valence-electron chi connectivity index (χ1n) is 8.38. The van der Waals surface area contributed by atoms with Crippen molar-refractivity contribution in [3.63, 3.8) is 0 Å². The smallest absolute Gasteiger partial charge is 0.314 e. The number of benzene rings is 1. The molecule has 1 saturated heterocycles. The van der Waals surface area contributed by atoms with Gasteiger partial charge in [0, 0.05) is 44.7 Å². The Morgan fingerprint density at radius 3 is 2.54 bits per heavy atom. The molecule has 0 radical (unpaired) electrons. The summed E-state index contributed by atoms with van der Waals surface area (Å²) in [6.45, 7) is 3.35. The second kappa shape index (κ2) is 8.05. The van der Waals surface area contributed by atoms with E-state index in [0.29, 0.717) is 50.9 Å². The van der Waals surface area contributed by atoms with Crippen molar-refractivity contribution in [2.75, 3.05) is 58.5 Å². The second-order valence-corrected chi connectivity index (χ2v) is 5.87. The lowest BCUT2D eigenvalue weighted by molar-refractivity contribution is 0.144. The highest BCUT2D eigenvalue weighted by Gasteiger charge is 2.22. The van der Waals surface area contributed by atoms with Crippen molar-refractivity contribution in [3.8, 4) is 11.5 Å². The molecule has 9 heteroatoms. The molecule has 0 saturated carbocycles. The van der Waals surface area contributed by atoms with Crippen molar-refractivity contribution in [1.29, 1.82) is 0 Å². The minimum atomic E-state index is -0.392. The van der Waals surface area contributed by atoms with Crippen LogP contribution in [-0.4, -0.2) is 74.5 Å². The third kappa shape index (κ3) is 3.72. The molecule has 1 aliphatic heterocycles. The van der Waals surface area contributed by atoms with Gasteiger partial charge in [-0.2, -0.15) is 0 Å². The number of piperazine rings is 1. The van der Waals surface area contributed by atoms with E-state index in [0.717, 1.165) is 16.7 Å². The first-order valence-corrected chi connectivity index (χ1v) is 8.38. The SMILES string of the molecule is COCCOc1cc2ncnc(N3CCN(C(N)=O)CC3)c2cc1OC. The number of anilines is 1. The number of nitrogens with zero attached hydrogens (tertiary/aromatic N) is 4. The van der Waals surface area contributed by atoms with Crippen molar-refractivity contribution in [2.45, 2.75) is 0 Å². The topological polar surface area (TPSA) is 103 Å². The number of amides is 2. The van der Waals surface area contributed by atoms with Crippen LogP contribution in [0, 0.1) is 0 Å². The van der Waals surface area contributed by atoms with Gasteiger partial charge in [0.25, 0.3) is 0 Å². The van der Waals surface area contributed by atoms with Gasteiger partial charge in [0.2, 0.25) is 0 Å². The standard InChI is InChI=1S/C17H23N5O4/c1-24-7-8-26-15-10-13-12(9-14(15)25-2)16(20-11-19-13)21-3-5-22(6-4-21)17(18)23/h9-11H,3-8H2,1-2H3,(H2,18,23). The fourth-order valence-corrected chi connectivity index (χ4v) is 2.95.